The number of fused-ring (bicyclic) bond motifs is 1. The second-order valence-electron chi connectivity index (χ2n) is 9.02. The molecule has 4 heterocycles. The Morgan fingerprint density at radius 2 is 2.00 bits per heavy atom. The van der Waals surface area contributed by atoms with Gasteiger partial charge in [-0.05, 0) is 36.8 Å². The number of carbonyl (C=O) groups excluding carboxylic acids is 1. The number of nitrogens with zero attached hydrogens (tertiary/aromatic N) is 5. The van der Waals surface area contributed by atoms with E-state index in [0.29, 0.717) is 36.2 Å². The highest BCUT2D eigenvalue weighted by Gasteiger charge is 2.39. The van der Waals surface area contributed by atoms with E-state index >= 15 is 0 Å². The van der Waals surface area contributed by atoms with Crippen molar-refractivity contribution in [3.8, 4) is 22.8 Å². The number of benzene rings is 1. The molecule has 0 saturated carbocycles. The van der Waals surface area contributed by atoms with E-state index in [4.69, 9.17) is 10.5 Å². The quantitative estimate of drug-likeness (QED) is 0.402. The molecule has 184 valence electrons. The first-order valence-corrected chi connectivity index (χ1v) is 11.7. The van der Waals surface area contributed by atoms with Crippen LogP contribution in [-0.2, 0) is 11.8 Å². The van der Waals surface area contributed by atoms with Gasteiger partial charge >= 0.3 is 0 Å². The molecule has 2 unspecified atom stereocenters. The van der Waals surface area contributed by atoms with Crippen LogP contribution in [0.1, 0.15) is 17.3 Å². The number of hydrogen-bond donors (Lipinski definition) is 2. The maximum atomic E-state index is 12.4. The van der Waals surface area contributed by atoms with Gasteiger partial charge in [-0.25, -0.2) is 15.0 Å². The molecule has 1 aromatic carbocycles. The van der Waals surface area contributed by atoms with Crippen LogP contribution < -0.4 is 10.5 Å². The van der Waals surface area contributed by atoms with Crippen molar-refractivity contribution in [3.05, 3.63) is 72.8 Å². The van der Waals surface area contributed by atoms with Crippen LogP contribution in [0.15, 0.2) is 61.4 Å². The van der Waals surface area contributed by atoms with E-state index < -0.39 is 0 Å². The summed E-state index contributed by atoms with van der Waals surface area (Å²) in [7, 11) is 1.93. The number of amides is 1. The Morgan fingerprint density at radius 3 is 2.69 bits per heavy atom. The Balaban J connectivity index is 1.61. The minimum Gasteiger partial charge on any atom is -0.439 e. The van der Waals surface area contributed by atoms with Gasteiger partial charge in [0, 0.05) is 61.6 Å². The van der Waals surface area contributed by atoms with Crippen LogP contribution >= 0.6 is 0 Å². The highest BCUT2D eigenvalue weighted by molar-refractivity contribution is 6.02. The molecule has 9 nitrogen and oxygen atoms in total. The molecular formula is C27H28N6O3. The zero-order valence-electron chi connectivity index (χ0n) is 20.3. The van der Waals surface area contributed by atoms with Gasteiger partial charge in [0.2, 0.25) is 11.8 Å². The van der Waals surface area contributed by atoms with Gasteiger partial charge < -0.3 is 25.0 Å². The number of pyridine rings is 1. The first kappa shape index (κ1) is 23.5. The summed E-state index contributed by atoms with van der Waals surface area (Å²) >= 11 is 0. The Hall–Kier alpha value is -4.24. The Morgan fingerprint density at radius 1 is 1.22 bits per heavy atom. The molecule has 3 N–H and O–H groups in total. The standard InChI is InChI=1S/C27H28N6O3/c1-4-22(35)33-12-18(14-34)20(13-33)25-23(24-26(28)29-15-30-27(24)32(25)3)17-8-10-19(11-9-17)36-21-7-5-6-16(2)31-21/h4-11,15,18,20,34H,1,12-14H2,2-3H3,(H2,28,29,30). The Labute approximate surface area is 208 Å². The summed E-state index contributed by atoms with van der Waals surface area (Å²) in [5.74, 6) is 1.13. The maximum absolute atomic E-state index is 12.4. The van der Waals surface area contributed by atoms with Crippen molar-refractivity contribution in [3.63, 3.8) is 0 Å². The molecule has 0 bridgehead atoms. The number of nitrogens with two attached hydrogens (primary N) is 1. The lowest BCUT2D eigenvalue weighted by Crippen LogP contribution is -2.27. The molecule has 5 rings (SSSR count). The number of anilines is 1. The molecular weight excluding hydrogens is 456 g/mol. The number of ether oxygens (including phenoxy) is 1. The highest BCUT2D eigenvalue weighted by atomic mass is 16.5. The maximum Gasteiger partial charge on any atom is 0.245 e. The molecule has 1 aliphatic heterocycles. The largest absolute Gasteiger partial charge is 0.439 e. The average Bonchev–Trinajstić information content (AvgIpc) is 3.43. The van der Waals surface area contributed by atoms with Gasteiger partial charge in [0.1, 0.15) is 23.5 Å². The summed E-state index contributed by atoms with van der Waals surface area (Å²) in [6.45, 7) is 6.39. The molecule has 3 aromatic heterocycles. The van der Waals surface area contributed by atoms with Gasteiger partial charge in [-0.3, -0.25) is 4.79 Å². The molecule has 1 saturated heterocycles. The van der Waals surface area contributed by atoms with E-state index in [-0.39, 0.29) is 24.3 Å². The molecule has 1 fully saturated rings. The molecule has 1 amide bonds. The summed E-state index contributed by atoms with van der Waals surface area (Å²) in [6.07, 6.45) is 2.76. The van der Waals surface area contributed by atoms with Crippen molar-refractivity contribution in [1.29, 1.82) is 0 Å². The van der Waals surface area contributed by atoms with E-state index in [9.17, 15) is 9.90 Å². The number of rotatable bonds is 6. The average molecular weight is 485 g/mol. The van der Waals surface area contributed by atoms with Gasteiger partial charge in [-0.1, -0.05) is 24.8 Å². The van der Waals surface area contributed by atoms with Gasteiger partial charge in [-0.15, -0.1) is 0 Å². The van der Waals surface area contributed by atoms with Crippen molar-refractivity contribution < 1.29 is 14.6 Å². The number of carbonyl (C=O) groups is 1. The number of nitrogen functional groups attached to an aromatic ring is 1. The second-order valence-corrected chi connectivity index (χ2v) is 9.02. The number of aliphatic hydroxyl groups excluding tert-OH is 1. The van der Waals surface area contributed by atoms with Gasteiger partial charge in [-0.2, -0.15) is 0 Å². The monoisotopic (exact) mass is 484 g/mol. The van der Waals surface area contributed by atoms with Crippen LogP contribution in [0.5, 0.6) is 11.6 Å². The molecule has 2 atom stereocenters. The molecule has 36 heavy (non-hydrogen) atoms. The third-order valence-corrected chi connectivity index (χ3v) is 6.78. The van der Waals surface area contributed by atoms with Crippen molar-refractivity contribution in [1.82, 2.24) is 24.4 Å². The predicted octanol–water partition coefficient (Wildman–Crippen LogP) is 3.43. The first-order valence-electron chi connectivity index (χ1n) is 11.7. The Bertz CT molecular complexity index is 1450. The van der Waals surface area contributed by atoms with Crippen molar-refractivity contribution >= 4 is 22.8 Å². The van der Waals surface area contributed by atoms with Crippen LogP contribution in [-0.4, -0.2) is 55.1 Å². The SMILES string of the molecule is C=CC(=O)N1CC(CO)C(c2c(-c3ccc(Oc4cccc(C)n4)cc3)c3c(N)ncnc3n2C)C1. The molecule has 9 heteroatoms. The van der Waals surface area contributed by atoms with Gasteiger partial charge in [0.05, 0.1) is 5.39 Å². The first-order chi connectivity index (χ1) is 17.4. The molecule has 0 spiro atoms. The smallest absolute Gasteiger partial charge is 0.245 e. The minimum absolute atomic E-state index is 0.0516. The van der Waals surface area contributed by atoms with E-state index in [1.165, 1.54) is 12.4 Å². The molecule has 4 aromatic rings. The highest BCUT2D eigenvalue weighted by Crippen LogP contribution is 2.44. The van der Waals surface area contributed by atoms with Crippen LogP contribution in [0.4, 0.5) is 5.82 Å². The topological polar surface area (TPSA) is 119 Å². The molecule has 1 aliphatic rings. The summed E-state index contributed by atoms with van der Waals surface area (Å²) in [5, 5.41) is 10.9. The zero-order chi connectivity index (χ0) is 25.4. The van der Waals surface area contributed by atoms with Crippen LogP contribution in [0.25, 0.3) is 22.2 Å². The third-order valence-electron chi connectivity index (χ3n) is 6.78. The normalized spacial score (nSPS) is 17.5. The lowest BCUT2D eigenvalue weighted by atomic mass is 9.88. The number of aryl methyl sites for hydroxylation is 2. The van der Waals surface area contributed by atoms with Gasteiger partial charge in [0.25, 0.3) is 0 Å². The van der Waals surface area contributed by atoms with Crippen LogP contribution in [0.2, 0.25) is 0 Å². The number of likely N-dealkylation sites (tertiary alicyclic amines) is 1. The summed E-state index contributed by atoms with van der Waals surface area (Å²) in [6, 6.07) is 13.3. The van der Waals surface area contributed by atoms with Crippen molar-refractivity contribution in [2.45, 2.75) is 12.8 Å². The van der Waals surface area contributed by atoms with E-state index in [1.54, 1.807) is 4.90 Å². The Kier molecular flexibility index (Phi) is 6.15. The summed E-state index contributed by atoms with van der Waals surface area (Å²) in [4.78, 5) is 27.3. The lowest BCUT2D eigenvalue weighted by Gasteiger charge is -2.20. The van der Waals surface area contributed by atoms with E-state index in [2.05, 4.69) is 21.5 Å². The molecule has 0 aliphatic carbocycles. The fourth-order valence-electron chi connectivity index (χ4n) is 5.08. The second kappa shape index (κ2) is 9.43. The van der Waals surface area contributed by atoms with Crippen LogP contribution in [0.3, 0.4) is 0 Å². The number of aromatic nitrogens is 4. The fraction of sp³-hybridized carbons (Fsp3) is 0.259. The number of aliphatic hydroxyl groups is 1. The summed E-state index contributed by atoms with van der Waals surface area (Å²) < 4.78 is 7.93. The van der Waals surface area contributed by atoms with E-state index in [1.807, 2.05) is 61.0 Å². The minimum atomic E-state index is -0.151. The third kappa shape index (κ3) is 4.07. The number of hydrogen-bond acceptors (Lipinski definition) is 7. The van der Waals surface area contributed by atoms with E-state index in [0.717, 1.165) is 27.9 Å². The molecule has 0 radical (unpaired) electrons. The lowest BCUT2D eigenvalue weighted by molar-refractivity contribution is -0.125. The summed E-state index contributed by atoms with van der Waals surface area (Å²) in [5.41, 5.74) is 10.7. The fourth-order valence-corrected chi connectivity index (χ4v) is 5.08. The van der Waals surface area contributed by atoms with Crippen LogP contribution in [0, 0.1) is 12.8 Å². The van der Waals surface area contributed by atoms with Crippen molar-refractivity contribution in [2.75, 3.05) is 25.4 Å². The zero-order valence-corrected chi connectivity index (χ0v) is 20.3. The van der Waals surface area contributed by atoms with Gasteiger partial charge in [0.15, 0.2) is 0 Å². The predicted molar refractivity (Wildman–Crippen MR) is 137 cm³/mol. The van der Waals surface area contributed by atoms with Crippen molar-refractivity contribution in [2.24, 2.45) is 13.0 Å².